The van der Waals surface area contributed by atoms with Gasteiger partial charge in [0.25, 0.3) is 5.91 Å². The van der Waals surface area contributed by atoms with Crippen LogP contribution in [0, 0.1) is 0 Å². The van der Waals surface area contributed by atoms with E-state index in [9.17, 15) is 4.79 Å². The van der Waals surface area contributed by atoms with Crippen molar-refractivity contribution in [2.24, 2.45) is 0 Å². The fourth-order valence-electron chi connectivity index (χ4n) is 2.75. The molecule has 1 fully saturated rings. The first kappa shape index (κ1) is 17.1. The molecule has 0 unspecified atom stereocenters. The van der Waals surface area contributed by atoms with Crippen LogP contribution in [0.3, 0.4) is 0 Å². The number of hydrogen-bond acceptors (Lipinski definition) is 3. The molecule has 1 saturated carbocycles. The molecule has 24 heavy (non-hydrogen) atoms. The van der Waals surface area contributed by atoms with E-state index in [0.29, 0.717) is 28.0 Å². The van der Waals surface area contributed by atoms with Crippen LogP contribution in [0.5, 0.6) is 5.88 Å². The summed E-state index contributed by atoms with van der Waals surface area (Å²) in [6.45, 7) is 0.376. The van der Waals surface area contributed by atoms with Gasteiger partial charge in [0, 0.05) is 23.8 Å². The Balaban J connectivity index is 1.60. The standard InChI is InChI=1S/C18H18Cl2N2O2/c19-13-5-6-15(16(20)10-13)18(23)22-11-12-7-8-21-17(9-12)24-14-3-1-2-4-14/h5-10,14H,1-4,11H2,(H,22,23). The highest BCUT2D eigenvalue weighted by Gasteiger charge is 2.17. The highest BCUT2D eigenvalue weighted by atomic mass is 35.5. The number of carbonyl (C=O) groups excluding carboxylic acids is 1. The number of ether oxygens (including phenoxy) is 1. The molecule has 0 spiro atoms. The van der Waals surface area contributed by atoms with E-state index in [-0.39, 0.29) is 12.0 Å². The van der Waals surface area contributed by atoms with E-state index in [4.69, 9.17) is 27.9 Å². The second kappa shape index (κ2) is 7.86. The maximum Gasteiger partial charge on any atom is 0.253 e. The maximum absolute atomic E-state index is 12.2. The zero-order valence-electron chi connectivity index (χ0n) is 13.1. The molecule has 2 aromatic rings. The third-order valence-corrected chi connectivity index (χ3v) is 4.57. The van der Waals surface area contributed by atoms with Crippen molar-refractivity contribution in [1.29, 1.82) is 0 Å². The summed E-state index contributed by atoms with van der Waals surface area (Å²) in [6, 6.07) is 8.52. The summed E-state index contributed by atoms with van der Waals surface area (Å²) in [6.07, 6.45) is 6.54. The van der Waals surface area contributed by atoms with Gasteiger partial charge >= 0.3 is 0 Å². The largest absolute Gasteiger partial charge is 0.474 e. The van der Waals surface area contributed by atoms with Crippen LogP contribution in [0.2, 0.25) is 10.0 Å². The lowest BCUT2D eigenvalue weighted by atomic mass is 10.2. The van der Waals surface area contributed by atoms with E-state index in [1.807, 2.05) is 12.1 Å². The Hall–Kier alpha value is -1.78. The second-order valence-corrected chi connectivity index (χ2v) is 6.68. The molecule has 1 N–H and O–H groups in total. The first-order chi connectivity index (χ1) is 11.6. The van der Waals surface area contributed by atoms with Crippen LogP contribution in [0.25, 0.3) is 0 Å². The predicted molar refractivity (Wildman–Crippen MR) is 94.8 cm³/mol. The van der Waals surface area contributed by atoms with Crippen LogP contribution < -0.4 is 10.1 Å². The number of benzene rings is 1. The van der Waals surface area contributed by atoms with Crippen LogP contribution in [0.1, 0.15) is 41.6 Å². The molecule has 0 radical (unpaired) electrons. The molecule has 0 saturated heterocycles. The van der Waals surface area contributed by atoms with Crippen molar-refractivity contribution < 1.29 is 9.53 Å². The summed E-state index contributed by atoms with van der Waals surface area (Å²) >= 11 is 11.9. The zero-order valence-corrected chi connectivity index (χ0v) is 14.6. The Morgan fingerprint density at radius 1 is 1.21 bits per heavy atom. The van der Waals surface area contributed by atoms with Crippen molar-refractivity contribution in [3.8, 4) is 5.88 Å². The van der Waals surface area contributed by atoms with Gasteiger partial charge in [-0.2, -0.15) is 0 Å². The molecule has 1 aromatic heterocycles. The third kappa shape index (κ3) is 4.40. The monoisotopic (exact) mass is 364 g/mol. The van der Waals surface area contributed by atoms with Gasteiger partial charge in [-0.05, 0) is 55.5 Å². The molecule has 6 heteroatoms. The number of halogens is 2. The van der Waals surface area contributed by atoms with Crippen molar-refractivity contribution in [1.82, 2.24) is 10.3 Å². The lowest BCUT2D eigenvalue weighted by molar-refractivity contribution is 0.0951. The van der Waals surface area contributed by atoms with Gasteiger partial charge < -0.3 is 10.1 Å². The number of hydrogen-bond donors (Lipinski definition) is 1. The minimum atomic E-state index is -0.244. The van der Waals surface area contributed by atoms with Gasteiger partial charge in [0.1, 0.15) is 6.10 Å². The van der Waals surface area contributed by atoms with Gasteiger partial charge in [-0.25, -0.2) is 4.98 Å². The average Bonchev–Trinajstić information content (AvgIpc) is 3.06. The number of nitrogens with zero attached hydrogens (tertiary/aromatic N) is 1. The van der Waals surface area contributed by atoms with E-state index in [1.54, 1.807) is 24.4 Å². The summed E-state index contributed by atoms with van der Waals surface area (Å²) < 4.78 is 5.88. The van der Waals surface area contributed by atoms with Crippen LogP contribution in [0.15, 0.2) is 36.5 Å². The van der Waals surface area contributed by atoms with Crippen LogP contribution in [0.4, 0.5) is 0 Å². The second-order valence-electron chi connectivity index (χ2n) is 5.83. The molecule has 0 atom stereocenters. The maximum atomic E-state index is 12.2. The molecular formula is C18H18Cl2N2O2. The lowest BCUT2D eigenvalue weighted by Crippen LogP contribution is -2.23. The average molecular weight is 365 g/mol. The van der Waals surface area contributed by atoms with E-state index in [1.165, 1.54) is 12.8 Å². The molecule has 3 rings (SSSR count). The molecular weight excluding hydrogens is 347 g/mol. The number of amides is 1. The van der Waals surface area contributed by atoms with E-state index < -0.39 is 0 Å². The Labute approximate surface area is 151 Å². The van der Waals surface area contributed by atoms with Crippen molar-refractivity contribution in [3.05, 3.63) is 57.7 Å². The van der Waals surface area contributed by atoms with E-state index in [2.05, 4.69) is 10.3 Å². The Bertz CT molecular complexity index is 731. The molecule has 126 valence electrons. The van der Waals surface area contributed by atoms with Gasteiger partial charge in [0.05, 0.1) is 10.6 Å². The van der Waals surface area contributed by atoms with E-state index >= 15 is 0 Å². The number of rotatable bonds is 5. The zero-order chi connectivity index (χ0) is 16.9. The first-order valence-corrected chi connectivity index (χ1v) is 8.72. The SMILES string of the molecule is O=C(NCc1ccnc(OC2CCCC2)c1)c1ccc(Cl)cc1Cl. The predicted octanol–water partition coefficient (Wildman–Crippen LogP) is 4.64. The van der Waals surface area contributed by atoms with Gasteiger partial charge in [-0.3, -0.25) is 4.79 Å². The first-order valence-electron chi connectivity index (χ1n) is 7.96. The minimum absolute atomic E-state index is 0.244. The molecule has 0 bridgehead atoms. The van der Waals surface area contributed by atoms with Crippen LogP contribution >= 0.6 is 23.2 Å². The highest BCUT2D eigenvalue weighted by Crippen LogP contribution is 2.23. The number of pyridine rings is 1. The van der Waals surface area contributed by atoms with Crippen molar-refractivity contribution in [3.63, 3.8) is 0 Å². The summed E-state index contributed by atoms with van der Waals surface area (Å²) in [5.74, 6) is 0.366. The van der Waals surface area contributed by atoms with Gasteiger partial charge in [0.2, 0.25) is 5.88 Å². The normalized spacial score (nSPS) is 14.6. The summed E-state index contributed by atoms with van der Waals surface area (Å²) in [5, 5.41) is 3.68. The quantitative estimate of drug-likeness (QED) is 0.840. The Kier molecular flexibility index (Phi) is 5.59. The molecule has 1 aliphatic carbocycles. The molecule has 1 heterocycles. The summed E-state index contributed by atoms with van der Waals surface area (Å²) in [4.78, 5) is 16.5. The van der Waals surface area contributed by atoms with E-state index in [0.717, 1.165) is 18.4 Å². The fraction of sp³-hybridized carbons (Fsp3) is 0.333. The molecule has 1 aliphatic rings. The Morgan fingerprint density at radius 2 is 2.00 bits per heavy atom. The van der Waals surface area contributed by atoms with Crippen LogP contribution in [-0.4, -0.2) is 17.0 Å². The third-order valence-electron chi connectivity index (χ3n) is 4.02. The highest BCUT2D eigenvalue weighted by molar-refractivity contribution is 6.36. The van der Waals surface area contributed by atoms with Gasteiger partial charge in [-0.15, -0.1) is 0 Å². The number of carbonyl (C=O) groups is 1. The lowest BCUT2D eigenvalue weighted by Gasteiger charge is -2.13. The number of nitrogens with one attached hydrogen (secondary N) is 1. The Morgan fingerprint density at radius 3 is 2.75 bits per heavy atom. The molecule has 1 amide bonds. The molecule has 0 aliphatic heterocycles. The van der Waals surface area contributed by atoms with Crippen molar-refractivity contribution >= 4 is 29.1 Å². The summed E-state index contributed by atoms with van der Waals surface area (Å²) in [5.41, 5.74) is 1.33. The summed E-state index contributed by atoms with van der Waals surface area (Å²) in [7, 11) is 0. The number of aromatic nitrogens is 1. The smallest absolute Gasteiger partial charge is 0.253 e. The van der Waals surface area contributed by atoms with Crippen molar-refractivity contribution in [2.45, 2.75) is 38.3 Å². The molecule has 1 aromatic carbocycles. The minimum Gasteiger partial charge on any atom is -0.474 e. The van der Waals surface area contributed by atoms with Crippen LogP contribution in [-0.2, 0) is 6.54 Å². The van der Waals surface area contributed by atoms with Gasteiger partial charge in [0.15, 0.2) is 0 Å². The van der Waals surface area contributed by atoms with Gasteiger partial charge in [-0.1, -0.05) is 23.2 Å². The van der Waals surface area contributed by atoms with Crippen molar-refractivity contribution in [2.75, 3.05) is 0 Å². The fourth-order valence-corrected chi connectivity index (χ4v) is 3.25. The molecule has 4 nitrogen and oxygen atoms in total. The topological polar surface area (TPSA) is 51.2 Å².